The molecule has 0 bridgehead atoms. The maximum absolute atomic E-state index is 11.6. The average molecular weight is 384 g/mol. The van der Waals surface area contributed by atoms with Crippen molar-refractivity contribution in [2.24, 2.45) is 10.9 Å². The molecule has 1 aromatic carbocycles. The molecule has 1 aliphatic heterocycles. The van der Waals surface area contributed by atoms with E-state index in [1.165, 1.54) is 0 Å². The first-order valence-corrected chi connectivity index (χ1v) is 10.8. The van der Waals surface area contributed by atoms with Crippen LogP contribution < -0.4 is 15.4 Å². The standard InChI is InChI=1S/C18H29N3O4S/c1-3-19-18(20-13-15-8-11-26(22,23)14-15)21-16-6-4-7-17(12-16)25-10-5-9-24-2/h4,6-7,12,15H,3,5,8-11,13-14H2,1-2H3,(H2,19,20,21). The van der Waals surface area contributed by atoms with Crippen molar-refractivity contribution in [3.05, 3.63) is 24.3 Å². The number of anilines is 1. The number of aliphatic imine (C=N–C) groups is 1. The Bertz CT molecular complexity index is 691. The molecule has 1 fully saturated rings. The van der Waals surface area contributed by atoms with Crippen LogP contribution in [0.4, 0.5) is 5.69 Å². The molecule has 2 rings (SSSR count). The van der Waals surface area contributed by atoms with E-state index in [1.54, 1.807) is 7.11 Å². The van der Waals surface area contributed by atoms with Gasteiger partial charge in [0.15, 0.2) is 15.8 Å². The van der Waals surface area contributed by atoms with Gasteiger partial charge in [0.2, 0.25) is 0 Å². The summed E-state index contributed by atoms with van der Waals surface area (Å²) >= 11 is 0. The summed E-state index contributed by atoms with van der Waals surface area (Å²) in [7, 11) is -1.20. The molecule has 0 spiro atoms. The van der Waals surface area contributed by atoms with Crippen LogP contribution in [0.25, 0.3) is 0 Å². The SMILES string of the molecule is CCNC(=NCC1CCS(=O)(=O)C1)Nc1cccc(OCCCOC)c1. The number of rotatable bonds is 9. The molecule has 1 aromatic rings. The van der Waals surface area contributed by atoms with Crippen molar-refractivity contribution in [3.8, 4) is 5.75 Å². The monoisotopic (exact) mass is 383 g/mol. The fourth-order valence-electron chi connectivity index (χ4n) is 2.74. The van der Waals surface area contributed by atoms with E-state index in [9.17, 15) is 8.42 Å². The molecular formula is C18H29N3O4S. The molecule has 0 aromatic heterocycles. The van der Waals surface area contributed by atoms with Gasteiger partial charge in [0, 0.05) is 45.0 Å². The van der Waals surface area contributed by atoms with Crippen LogP contribution >= 0.6 is 0 Å². The summed E-state index contributed by atoms with van der Waals surface area (Å²) < 4.78 is 33.8. The molecule has 1 atom stereocenters. The van der Waals surface area contributed by atoms with Crippen LogP contribution in [0, 0.1) is 5.92 Å². The summed E-state index contributed by atoms with van der Waals surface area (Å²) in [5, 5.41) is 6.44. The number of guanidine groups is 1. The molecule has 0 amide bonds. The Labute approximate surface area is 156 Å². The predicted octanol–water partition coefficient (Wildman–Crippen LogP) is 1.91. The highest BCUT2D eigenvalue weighted by Gasteiger charge is 2.27. The van der Waals surface area contributed by atoms with Crippen LogP contribution in [0.5, 0.6) is 5.75 Å². The smallest absolute Gasteiger partial charge is 0.195 e. The zero-order valence-electron chi connectivity index (χ0n) is 15.5. The normalized spacial score (nSPS) is 19.3. The third kappa shape index (κ3) is 7.21. The molecule has 0 radical (unpaired) electrons. The molecule has 1 unspecified atom stereocenters. The Kier molecular flexibility index (Phi) is 8.18. The van der Waals surface area contributed by atoms with Gasteiger partial charge in [-0.05, 0) is 31.4 Å². The molecule has 146 valence electrons. The van der Waals surface area contributed by atoms with Crippen molar-refractivity contribution >= 4 is 21.5 Å². The largest absolute Gasteiger partial charge is 0.493 e. The van der Waals surface area contributed by atoms with Gasteiger partial charge in [-0.3, -0.25) is 4.99 Å². The maximum atomic E-state index is 11.6. The zero-order valence-corrected chi connectivity index (χ0v) is 16.3. The van der Waals surface area contributed by atoms with E-state index >= 15 is 0 Å². The van der Waals surface area contributed by atoms with E-state index < -0.39 is 9.84 Å². The minimum absolute atomic E-state index is 0.103. The lowest BCUT2D eigenvalue weighted by Crippen LogP contribution is -2.31. The van der Waals surface area contributed by atoms with E-state index in [-0.39, 0.29) is 17.4 Å². The number of hydrogen-bond acceptors (Lipinski definition) is 5. The number of benzene rings is 1. The molecule has 8 heteroatoms. The van der Waals surface area contributed by atoms with Crippen LogP contribution in [-0.4, -0.2) is 59.3 Å². The van der Waals surface area contributed by atoms with E-state index in [0.717, 1.165) is 24.4 Å². The fourth-order valence-corrected chi connectivity index (χ4v) is 4.59. The van der Waals surface area contributed by atoms with Gasteiger partial charge in [0.25, 0.3) is 0 Å². The highest BCUT2D eigenvalue weighted by molar-refractivity contribution is 7.91. The second-order valence-electron chi connectivity index (χ2n) is 6.34. The topological polar surface area (TPSA) is 89.0 Å². The van der Waals surface area contributed by atoms with Crippen molar-refractivity contribution in [1.82, 2.24) is 5.32 Å². The van der Waals surface area contributed by atoms with Gasteiger partial charge in [-0.25, -0.2) is 8.42 Å². The number of ether oxygens (including phenoxy) is 2. The van der Waals surface area contributed by atoms with Crippen LogP contribution in [0.3, 0.4) is 0 Å². The summed E-state index contributed by atoms with van der Waals surface area (Å²) in [4.78, 5) is 4.55. The predicted molar refractivity (Wildman–Crippen MR) is 105 cm³/mol. The van der Waals surface area contributed by atoms with E-state index in [2.05, 4.69) is 15.6 Å². The molecule has 1 saturated heterocycles. The Morgan fingerprint density at radius 2 is 2.19 bits per heavy atom. The van der Waals surface area contributed by atoms with Gasteiger partial charge in [-0.1, -0.05) is 6.07 Å². The van der Waals surface area contributed by atoms with Gasteiger partial charge in [-0.15, -0.1) is 0 Å². The van der Waals surface area contributed by atoms with Crippen LogP contribution in [0.2, 0.25) is 0 Å². The minimum Gasteiger partial charge on any atom is -0.493 e. The second-order valence-corrected chi connectivity index (χ2v) is 8.57. The lowest BCUT2D eigenvalue weighted by Gasteiger charge is -2.14. The van der Waals surface area contributed by atoms with Crippen molar-refractivity contribution in [2.45, 2.75) is 19.8 Å². The van der Waals surface area contributed by atoms with Crippen molar-refractivity contribution in [2.75, 3.05) is 50.2 Å². The lowest BCUT2D eigenvalue weighted by molar-refractivity contribution is 0.172. The molecule has 0 saturated carbocycles. The van der Waals surface area contributed by atoms with Crippen molar-refractivity contribution in [3.63, 3.8) is 0 Å². The van der Waals surface area contributed by atoms with Crippen LogP contribution in [-0.2, 0) is 14.6 Å². The summed E-state index contributed by atoms with van der Waals surface area (Å²) in [5.41, 5.74) is 0.869. The van der Waals surface area contributed by atoms with Gasteiger partial charge in [0.05, 0.1) is 18.1 Å². The lowest BCUT2D eigenvalue weighted by atomic mass is 10.1. The zero-order chi connectivity index (χ0) is 18.8. The number of sulfone groups is 1. The first kappa shape index (κ1) is 20.5. The van der Waals surface area contributed by atoms with Gasteiger partial charge < -0.3 is 20.1 Å². The van der Waals surface area contributed by atoms with Gasteiger partial charge in [0.1, 0.15) is 5.75 Å². The minimum atomic E-state index is -2.87. The highest BCUT2D eigenvalue weighted by atomic mass is 32.2. The number of hydrogen-bond donors (Lipinski definition) is 2. The van der Waals surface area contributed by atoms with Crippen LogP contribution in [0.1, 0.15) is 19.8 Å². The van der Waals surface area contributed by atoms with E-state index in [1.807, 2.05) is 31.2 Å². The molecule has 7 nitrogen and oxygen atoms in total. The van der Waals surface area contributed by atoms with E-state index in [0.29, 0.717) is 32.1 Å². The molecular weight excluding hydrogens is 354 g/mol. The molecule has 2 N–H and O–H groups in total. The third-order valence-corrected chi connectivity index (χ3v) is 5.87. The molecule has 26 heavy (non-hydrogen) atoms. The summed E-state index contributed by atoms with van der Waals surface area (Å²) in [6, 6.07) is 7.68. The van der Waals surface area contributed by atoms with Crippen molar-refractivity contribution < 1.29 is 17.9 Å². The first-order valence-electron chi connectivity index (χ1n) is 9.00. The summed E-state index contributed by atoms with van der Waals surface area (Å²) in [5.74, 6) is 2.04. The number of nitrogens with one attached hydrogen (secondary N) is 2. The Hall–Kier alpha value is -1.80. The molecule has 0 aliphatic carbocycles. The number of methoxy groups -OCH3 is 1. The molecule has 1 aliphatic rings. The Morgan fingerprint density at radius 3 is 2.88 bits per heavy atom. The maximum Gasteiger partial charge on any atom is 0.195 e. The Morgan fingerprint density at radius 1 is 1.35 bits per heavy atom. The van der Waals surface area contributed by atoms with E-state index in [4.69, 9.17) is 9.47 Å². The van der Waals surface area contributed by atoms with Gasteiger partial charge in [-0.2, -0.15) is 0 Å². The molecule has 1 heterocycles. The fraction of sp³-hybridized carbons (Fsp3) is 0.611. The summed E-state index contributed by atoms with van der Waals surface area (Å²) in [6.07, 6.45) is 1.53. The second kappa shape index (κ2) is 10.4. The number of nitrogens with zero attached hydrogens (tertiary/aromatic N) is 1. The quantitative estimate of drug-likeness (QED) is 0.385. The third-order valence-electron chi connectivity index (χ3n) is 4.04. The summed E-state index contributed by atoms with van der Waals surface area (Å²) in [6.45, 7) is 4.49. The highest BCUT2D eigenvalue weighted by Crippen LogP contribution is 2.19. The Balaban J connectivity index is 1.92. The average Bonchev–Trinajstić information content (AvgIpc) is 2.96. The first-order chi connectivity index (χ1) is 12.5. The van der Waals surface area contributed by atoms with Crippen LogP contribution in [0.15, 0.2) is 29.3 Å². The van der Waals surface area contributed by atoms with Gasteiger partial charge >= 0.3 is 0 Å². The van der Waals surface area contributed by atoms with Crippen molar-refractivity contribution in [1.29, 1.82) is 0 Å².